The first-order valence-corrected chi connectivity index (χ1v) is 2.63. The van der Waals surface area contributed by atoms with E-state index in [2.05, 4.69) is 25.4 Å². The van der Waals surface area contributed by atoms with E-state index in [1.165, 1.54) is 0 Å². The summed E-state index contributed by atoms with van der Waals surface area (Å²) >= 11 is 0. The minimum Gasteiger partial charge on any atom is -0.537 e. The van der Waals surface area contributed by atoms with Gasteiger partial charge in [0.2, 0.25) is 0 Å². The molecule has 0 aliphatic heterocycles. The van der Waals surface area contributed by atoms with Crippen molar-refractivity contribution in [3.05, 3.63) is 37.7 Å². The Morgan fingerprint density at radius 1 is 1.00 bits per heavy atom. The molecule has 0 saturated heterocycles. The Hall–Kier alpha value is -0.755. The van der Waals surface area contributed by atoms with Gasteiger partial charge in [-0.25, -0.2) is 0 Å². The van der Waals surface area contributed by atoms with Gasteiger partial charge in [-0.3, -0.25) is 0 Å². The highest BCUT2D eigenvalue weighted by Crippen LogP contribution is 1.92. The summed E-state index contributed by atoms with van der Waals surface area (Å²) in [6.07, 6.45) is -0.917. The third-order valence-corrected chi connectivity index (χ3v) is 1.32. The summed E-state index contributed by atoms with van der Waals surface area (Å²) in [6, 6.07) is 0. The Morgan fingerprint density at radius 3 is 1.25 bits per heavy atom. The minimum atomic E-state index is -0.917. The molecule has 0 spiro atoms. The quantitative estimate of drug-likeness (QED) is 0.506. The van der Waals surface area contributed by atoms with Gasteiger partial charge in [-0.15, -0.1) is 19.7 Å². The monoisotopic (exact) mass is 109 g/mol. The zero-order valence-corrected chi connectivity index (χ0v) is 5.14. The van der Waals surface area contributed by atoms with Crippen molar-refractivity contribution in [2.45, 2.75) is 0 Å². The summed E-state index contributed by atoms with van der Waals surface area (Å²) in [6.45, 7) is 10.8. The molecule has 0 unspecified atom stereocenters. The molecule has 1 nitrogen and oxygen atoms in total. The second kappa shape index (κ2) is 2.53. The average molecular weight is 109 g/mol. The lowest BCUT2D eigenvalue weighted by atomic mass is 9.37. The molecule has 0 heterocycles. The van der Waals surface area contributed by atoms with E-state index >= 15 is 0 Å². The van der Waals surface area contributed by atoms with Crippen molar-refractivity contribution in [2.24, 2.45) is 0 Å². The Morgan fingerprint density at radius 2 is 1.25 bits per heavy atom. The number of quaternary nitrogens is 1. The van der Waals surface area contributed by atoms with E-state index < -0.39 is 6.28 Å². The summed E-state index contributed by atoms with van der Waals surface area (Å²) in [5, 5.41) is 0. The highest BCUT2D eigenvalue weighted by Gasteiger charge is 2.10. The van der Waals surface area contributed by atoms with E-state index in [1.807, 2.05) is 0 Å². The summed E-state index contributed by atoms with van der Waals surface area (Å²) < 4.78 is 0. The molecule has 0 radical (unpaired) electrons. The summed E-state index contributed by atoms with van der Waals surface area (Å²) in [5.41, 5.74) is 3.83. The van der Waals surface area contributed by atoms with Crippen LogP contribution in [-0.2, 0) is 0 Å². The smallest absolute Gasteiger partial charge is 0.264 e. The maximum absolute atomic E-state index is 3.83. The van der Waals surface area contributed by atoms with Gasteiger partial charge in [-0.2, -0.15) is 17.9 Å². The van der Waals surface area contributed by atoms with Crippen LogP contribution in [0.5, 0.6) is 0 Å². The normalized spacial score (nSPS) is 10.1. The first-order chi connectivity index (χ1) is 3.68. The summed E-state index contributed by atoms with van der Waals surface area (Å²) in [7, 11) is 0. The predicted octanol–water partition coefficient (Wildman–Crippen LogP) is 0.349. The Kier molecular flexibility index (Phi) is 2.29. The molecule has 44 valence electrons. The van der Waals surface area contributed by atoms with Crippen LogP contribution in [0.2, 0.25) is 0 Å². The molecular formula is C6H12BN. The van der Waals surface area contributed by atoms with Crippen LogP contribution in [0.15, 0.2) is 37.7 Å². The molecule has 0 saturated carbocycles. The van der Waals surface area contributed by atoms with Gasteiger partial charge in [0.1, 0.15) is 0 Å². The van der Waals surface area contributed by atoms with Crippen LogP contribution >= 0.6 is 0 Å². The molecule has 0 aliphatic rings. The fourth-order valence-electron chi connectivity index (χ4n) is 0.289. The van der Waals surface area contributed by atoms with Gasteiger partial charge in [0.15, 0.2) is 0 Å². The van der Waals surface area contributed by atoms with E-state index in [-0.39, 0.29) is 0 Å². The van der Waals surface area contributed by atoms with Crippen molar-refractivity contribution < 1.29 is 5.64 Å². The maximum Gasteiger partial charge on any atom is 0.264 e. The molecular weight excluding hydrogens is 96.9 g/mol. The zero-order chi connectivity index (χ0) is 6.62. The van der Waals surface area contributed by atoms with E-state index in [1.54, 1.807) is 17.9 Å². The average Bonchev–Trinajstić information content (AvgIpc) is 1.87. The fraction of sp³-hybridized carbons (Fsp3) is 0. The predicted molar refractivity (Wildman–Crippen MR) is 39.2 cm³/mol. The number of rotatable bonds is 3. The molecule has 0 aliphatic carbocycles. The van der Waals surface area contributed by atoms with Crippen molar-refractivity contribution in [1.82, 2.24) is 0 Å². The van der Waals surface area contributed by atoms with Gasteiger partial charge in [0.05, 0.1) is 0 Å². The topological polar surface area (TPSA) is 27.6 Å². The van der Waals surface area contributed by atoms with Gasteiger partial charge in [-0.1, -0.05) is 0 Å². The van der Waals surface area contributed by atoms with Crippen molar-refractivity contribution in [3.8, 4) is 0 Å². The van der Waals surface area contributed by atoms with Crippen molar-refractivity contribution >= 4 is 6.28 Å². The maximum atomic E-state index is 3.83. The summed E-state index contributed by atoms with van der Waals surface area (Å²) in [5.74, 6) is 5.29. The highest BCUT2D eigenvalue weighted by atomic mass is 14.4. The van der Waals surface area contributed by atoms with Crippen molar-refractivity contribution in [2.75, 3.05) is 0 Å². The van der Waals surface area contributed by atoms with Gasteiger partial charge in [0, 0.05) is 0 Å². The van der Waals surface area contributed by atoms with Crippen LogP contribution in [0.3, 0.4) is 0 Å². The molecule has 0 atom stereocenters. The summed E-state index contributed by atoms with van der Waals surface area (Å²) in [4.78, 5) is 0. The van der Waals surface area contributed by atoms with Gasteiger partial charge >= 0.3 is 0 Å². The molecule has 0 rings (SSSR count). The second-order valence-corrected chi connectivity index (χ2v) is 1.99. The van der Waals surface area contributed by atoms with Crippen molar-refractivity contribution in [3.63, 3.8) is 0 Å². The SMILES string of the molecule is C=C[B-]([NH3+])(C=C)C=C. The standard InChI is InChI=1S/C6H12BN/c1-4-7(8,5-2)6-3/h4-6H,1-3H2,8H3. The molecule has 2 heteroatoms. The van der Waals surface area contributed by atoms with Crippen LogP contribution in [0, 0.1) is 0 Å². The molecule has 0 amide bonds. The highest BCUT2D eigenvalue weighted by molar-refractivity contribution is 6.84. The first kappa shape index (κ1) is 7.24. The van der Waals surface area contributed by atoms with Crippen LogP contribution in [0.1, 0.15) is 0 Å². The third kappa shape index (κ3) is 1.39. The molecule has 8 heavy (non-hydrogen) atoms. The van der Waals surface area contributed by atoms with Gasteiger partial charge in [0.25, 0.3) is 6.28 Å². The molecule has 3 N–H and O–H groups in total. The lowest BCUT2D eigenvalue weighted by Crippen LogP contribution is -2.74. The lowest BCUT2D eigenvalue weighted by molar-refractivity contribution is -0.195. The molecule has 0 aromatic rings. The molecule has 0 aromatic heterocycles. The van der Waals surface area contributed by atoms with Crippen LogP contribution in [0.25, 0.3) is 0 Å². The van der Waals surface area contributed by atoms with Gasteiger partial charge in [-0.05, 0) is 0 Å². The van der Waals surface area contributed by atoms with E-state index in [9.17, 15) is 0 Å². The lowest BCUT2D eigenvalue weighted by Gasteiger charge is -2.13. The molecule has 0 fully saturated rings. The second-order valence-electron chi connectivity index (χ2n) is 1.99. The van der Waals surface area contributed by atoms with E-state index in [4.69, 9.17) is 0 Å². The van der Waals surface area contributed by atoms with Crippen LogP contribution < -0.4 is 5.64 Å². The van der Waals surface area contributed by atoms with E-state index in [0.29, 0.717) is 0 Å². The number of hydrogen-bond acceptors (Lipinski definition) is 0. The van der Waals surface area contributed by atoms with Crippen molar-refractivity contribution in [1.29, 1.82) is 0 Å². The Bertz CT molecular complexity index is 95.9. The fourth-order valence-corrected chi connectivity index (χ4v) is 0.289. The molecule has 0 aromatic carbocycles. The third-order valence-electron chi connectivity index (χ3n) is 1.32. The van der Waals surface area contributed by atoms with E-state index in [0.717, 1.165) is 0 Å². The molecule has 0 bridgehead atoms. The Balaban J connectivity index is 4.18. The van der Waals surface area contributed by atoms with Gasteiger partial charge < -0.3 is 5.64 Å². The number of hydrogen-bond donors (Lipinski definition) is 1. The minimum absolute atomic E-state index is 0.917. The van der Waals surface area contributed by atoms with Crippen LogP contribution in [-0.4, -0.2) is 6.28 Å². The zero-order valence-electron chi connectivity index (χ0n) is 5.14. The first-order valence-electron chi connectivity index (χ1n) is 2.63. The Labute approximate surface area is 50.5 Å². The largest absolute Gasteiger partial charge is 0.537 e. The van der Waals surface area contributed by atoms with Crippen LogP contribution in [0.4, 0.5) is 0 Å².